The van der Waals surface area contributed by atoms with E-state index in [2.05, 4.69) is 5.32 Å². The molecule has 1 unspecified atom stereocenters. The molecular formula is C14H18BNO6S. The summed E-state index contributed by atoms with van der Waals surface area (Å²) >= 11 is 1.37. The van der Waals surface area contributed by atoms with Gasteiger partial charge in [0.25, 0.3) is 5.91 Å². The number of hydrogen-bond donors (Lipinski definition) is 4. The van der Waals surface area contributed by atoms with E-state index >= 15 is 0 Å². The van der Waals surface area contributed by atoms with Crippen LogP contribution in [0.1, 0.15) is 24.1 Å². The van der Waals surface area contributed by atoms with Gasteiger partial charge in [0.15, 0.2) is 0 Å². The van der Waals surface area contributed by atoms with Crippen LogP contribution in [-0.2, 0) is 14.2 Å². The quantitative estimate of drug-likeness (QED) is 0.437. The van der Waals surface area contributed by atoms with Crippen molar-refractivity contribution in [2.45, 2.75) is 31.3 Å². The van der Waals surface area contributed by atoms with E-state index in [-0.39, 0.29) is 13.0 Å². The zero-order valence-corrected chi connectivity index (χ0v) is 13.2. The second-order valence-corrected chi connectivity index (χ2v) is 6.13. The predicted molar refractivity (Wildman–Crippen MR) is 85.6 cm³/mol. The number of amides is 1. The Balaban J connectivity index is 1.97. The molecule has 1 amide bonds. The summed E-state index contributed by atoms with van der Waals surface area (Å²) in [6, 6.07) is 3.57. The molecule has 23 heavy (non-hydrogen) atoms. The van der Waals surface area contributed by atoms with Gasteiger partial charge >= 0.3 is 13.1 Å². The van der Waals surface area contributed by atoms with E-state index in [0.717, 1.165) is 0 Å². The molecule has 1 aromatic heterocycles. The highest BCUT2D eigenvalue weighted by molar-refractivity contribution is 7.11. The highest BCUT2D eigenvalue weighted by Crippen LogP contribution is 2.22. The first-order chi connectivity index (χ1) is 11.0. The van der Waals surface area contributed by atoms with E-state index in [1.54, 1.807) is 12.1 Å². The van der Waals surface area contributed by atoms with Crippen molar-refractivity contribution in [2.75, 3.05) is 6.61 Å². The average molecular weight is 339 g/mol. The van der Waals surface area contributed by atoms with Gasteiger partial charge in [-0.1, -0.05) is 6.07 Å². The lowest BCUT2D eigenvalue weighted by Crippen LogP contribution is -2.53. The molecular weight excluding hydrogens is 321 g/mol. The second kappa shape index (κ2) is 8.25. The monoisotopic (exact) mass is 339 g/mol. The minimum Gasteiger partial charge on any atom is -0.481 e. The van der Waals surface area contributed by atoms with Crippen LogP contribution in [0, 0.1) is 0 Å². The first-order valence-electron chi connectivity index (χ1n) is 7.22. The Morgan fingerprint density at radius 1 is 1.48 bits per heavy atom. The topological polar surface area (TPSA) is 116 Å². The lowest BCUT2D eigenvalue weighted by atomic mass is 9.72. The molecule has 9 heteroatoms. The summed E-state index contributed by atoms with van der Waals surface area (Å²) in [5.41, 5.74) is 0.336. The number of aliphatic hydroxyl groups excluding tert-OH is 1. The molecule has 0 saturated carbocycles. The van der Waals surface area contributed by atoms with Crippen LogP contribution < -0.4 is 5.32 Å². The molecule has 0 spiro atoms. The van der Waals surface area contributed by atoms with E-state index in [4.69, 9.17) is 14.9 Å². The van der Waals surface area contributed by atoms with Gasteiger partial charge in [0, 0.05) is 4.88 Å². The Hall–Kier alpha value is -1.68. The van der Waals surface area contributed by atoms with E-state index < -0.39 is 31.0 Å². The normalized spacial score (nSPS) is 22.0. The molecule has 1 saturated heterocycles. The van der Waals surface area contributed by atoms with E-state index in [1.165, 1.54) is 17.4 Å². The molecule has 2 heterocycles. The summed E-state index contributed by atoms with van der Waals surface area (Å²) < 4.78 is 5.23. The van der Waals surface area contributed by atoms with Crippen LogP contribution >= 0.6 is 11.3 Å². The molecule has 0 radical (unpaired) electrons. The van der Waals surface area contributed by atoms with Crippen molar-refractivity contribution < 1.29 is 29.5 Å². The molecule has 1 aromatic rings. The van der Waals surface area contributed by atoms with Crippen LogP contribution in [0.4, 0.5) is 0 Å². The predicted octanol–water partition coefficient (Wildman–Crippen LogP) is 0.282. The van der Waals surface area contributed by atoms with Gasteiger partial charge in [0.2, 0.25) is 0 Å². The van der Waals surface area contributed by atoms with Crippen LogP contribution in [0.2, 0.25) is 0 Å². The van der Waals surface area contributed by atoms with Crippen molar-refractivity contribution in [2.24, 2.45) is 0 Å². The van der Waals surface area contributed by atoms with E-state index in [1.807, 2.05) is 5.38 Å². The number of rotatable bonds is 6. The summed E-state index contributed by atoms with van der Waals surface area (Å²) in [6.45, 7) is -0.273. The van der Waals surface area contributed by atoms with Crippen LogP contribution in [0.5, 0.6) is 0 Å². The van der Waals surface area contributed by atoms with E-state index in [9.17, 15) is 14.6 Å². The van der Waals surface area contributed by atoms with Gasteiger partial charge in [0.1, 0.15) is 0 Å². The lowest BCUT2D eigenvalue weighted by molar-refractivity contribution is -0.139. The van der Waals surface area contributed by atoms with Crippen LogP contribution in [0.15, 0.2) is 23.6 Å². The third-order valence-corrected chi connectivity index (χ3v) is 4.42. The fourth-order valence-electron chi connectivity index (χ4n) is 2.43. The summed E-state index contributed by atoms with van der Waals surface area (Å²) in [6.07, 6.45) is 1.53. The maximum Gasteiger partial charge on any atom is 0.478 e. The average Bonchev–Trinajstić information content (AvgIpc) is 3.00. The minimum atomic E-state index is -1.25. The summed E-state index contributed by atoms with van der Waals surface area (Å²) in [5.74, 6) is -2.02. The zero-order valence-electron chi connectivity index (χ0n) is 12.3. The van der Waals surface area contributed by atoms with E-state index in [0.29, 0.717) is 23.3 Å². The number of aliphatic hydroxyl groups is 1. The minimum absolute atomic E-state index is 0.178. The highest BCUT2D eigenvalue weighted by Gasteiger charge is 2.37. The third kappa shape index (κ3) is 4.90. The van der Waals surface area contributed by atoms with Gasteiger partial charge in [0.05, 0.1) is 30.6 Å². The highest BCUT2D eigenvalue weighted by atomic mass is 32.1. The van der Waals surface area contributed by atoms with Gasteiger partial charge in [-0.05, 0) is 30.4 Å². The molecule has 2 atom stereocenters. The number of carbonyl (C=O) groups is 2. The summed E-state index contributed by atoms with van der Waals surface area (Å²) in [5, 5.41) is 32.3. The molecule has 124 valence electrons. The fourth-order valence-corrected chi connectivity index (χ4v) is 3.19. The zero-order chi connectivity index (χ0) is 16.8. The molecule has 1 aliphatic rings. The first kappa shape index (κ1) is 17.7. The molecule has 4 N–H and O–H groups in total. The number of carboxylic acid groups (broad SMARTS) is 1. The Morgan fingerprint density at radius 3 is 2.83 bits per heavy atom. The number of hydrogen-bond acceptors (Lipinski definition) is 6. The van der Waals surface area contributed by atoms with Gasteiger partial charge in [-0.25, -0.2) is 0 Å². The standard InChI is InChI=1S/C14H18BNO6S/c17-6-5-10(11-2-1-7-23-11)14(20)16-12-4-3-9(8-13(18)19)22-15(12)21/h1-2,5,7,9,12,17,21H,3-4,6,8H2,(H,16,20)(H,18,19)/b10-5+/t9?,12-/m0/s1. The molecule has 0 aliphatic carbocycles. The molecule has 1 fully saturated rings. The summed E-state index contributed by atoms with van der Waals surface area (Å²) in [7, 11) is -1.25. The summed E-state index contributed by atoms with van der Waals surface area (Å²) in [4.78, 5) is 23.7. The van der Waals surface area contributed by atoms with Crippen molar-refractivity contribution >= 4 is 35.9 Å². The molecule has 0 bridgehead atoms. The van der Waals surface area contributed by atoms with Crippen molar-refractivity contribution in [1.82, 2.24) is 5.32 Å². The second-order valence-electron chi connectivity index (χ2n) is 5.18. The third-order valence-electron chi connectivity index (χ3n) is 3.52. The Bertz CT molecular complexity index is 576. The van der Waals surface area contributed by atoms with Crippen molar-refractivity contribution in [3.8, 4) is 0 Å². The number of carbonyl (C=O) groups excluding carboxylic acids is 1. The lowest BCUT2D eigenvalue weighted by Gasteiger charge is -2.31. The number of thiophene rings is 1. The van der Waals surface area contributed by atoms with Crippen LogP contribution in [0.25, 0.3) is 5.57 Å². The number of nitrogens with one attached hydrogen (secondary N) is 1. The maximum absolute atomic E-state index is 12.4. The maximum atomic E-state index is 12.4. The first-order valence-corrected chi connectivity index (χ1v) is 8.10. The van der Waals surface area contributed by atoms with Gasteiger partial charge in [-0.15, -0.1) is 11.3 Å². The van der Waals surface area contributed by atoms with Crippen molar-refractivity contribution in [3.05, 3.63) is 28.5 Å². The van der Waals surface area contributed by atoms with Crippen LogP contribution in [-0.4, -0.2) is 52.9 Å². The van der Waals surface area contributed by atoms with Gasteiger partial charge < -0.3 is 25.2 Å². The van der Waals surface area contributed by atoms with Crippen molar-refractivity contribution in [1.29, 1.82) is 0 Å². The fraction of sp³-hybridized carbons (Fsp3) is 0.429. The molecule has 7 nitrogen and oxygen atoms in total. The number of aliphatic carboxylic acids is 1. The number of carboxylic acids is 1. The smallest absolute Gasteiger partial charge is 0.478 e. The largest absolute Gasteiger partial charge is 0.481 e. The Labute approximate surface area is 137 Å². The SMILES string of the molecule is O=C(O)CC1CC[C@H](NC(=O)/C(=C/CO)c2cccs2)B(O)O1. The Morgan fingerprint density at radius 2 is 2.26 bits per heavy atom. The molecule has 2 rings (SSSR count). The van der Waals surface area contributed by atoms with Gasteiger partial charge in [-0.2, -0.15) is 0 Å². The molecule has 0 aromatic carbocycles. The van der Waals surface area contributed by atoms with Crippen molar-refractivity contribution in [3.63, 3.8) is 0 Å². The molecule has 1 aliphatic heterocycles. The van der Waals surface area contributed by atoms with Gasteiger partial charge in [-0.3, -0.25) is 9.59 Å². The van der Waals surface area contributed by atoms with Crippen LogP contribution in [0.3, 0.4) is 0 Å². The Kier molecular flexibility index (Phi) is 6.34.